The first kappa shape index (κ1) is 13.5. The van der Waals surface area contributed by atoms with Gasteiger partial charge in [0.1, 0.15) is 5.82 Å². The molecule has 0 saturated carbocycles. The third kappa shape index (κ3) is 4.39. The summed E-state index contributed by atoms with van der Waals surface area (Å²) in [6, 6.07) is 7.53. The van der Waals surface area contributed by atoms with Crippen molar-refractivity contribution in [2.24, 2.45) is 0 Å². The Morgan fingerprint density at radius 3 is 3.06 bits per heavy atom. The maximum atomic E-state index is 13.0. The molecule has 1 aromatic carbocycles. The molecule has 0 amide bonds. The lowest BCUT2D eigenvalue weighted by molar-refractivity contribution is 0.344. The number of rotatable bonds is 4. The summed E-state index contributed by atoms with van der Waals surface area (Å²) in [5.74, 6) is -0.136. The predicted octanol–water partition coefficient (Wildman–Crippen LogP) is 2.44. The van der Waals surface area contributed by atoms with Crippen molar-refractivity contribution in [2.45, 2.75) is 31.7 Å². The molecule has 1 unspecified atom stereocenters. The number of nitrogens with one attached hydrogen (secondary N) is 1. The molecule has 1 aromatic rings. The largest absolute Gasteiger partial charge is 0.314 e. The van der Waals surface area contributed by atoms with Gasteiger partial charge in [-0.3, -0.25) is 0 Å². The summed E-state index contributed by atoms with van der Waals surface area (Å²) in [5, 5.41) is 3.60. The highest BCUT2D eigenvalue weighted by Gasteiger charge is 2.13. The van der Waals surface area contributed by atoms with Gasteiger partial charge in [-0.1, -0.05) is 12.1 Å². The van der Waals surface area contributed by atoms with Crippen molar-refractivity contribution in [3.8, 4) is 0 Å². The van der Waals surface area contributed by atoms with Crippen molar-refractivity contribution in [2.75, 3.05) is 26.7 Å². The third-order valence-corrected chi connectivity index (χ3v) is 3.69. The average molecular weight is 250 g/mol. The molecule has 1 aliphatic heterocycles. The highest BCUT2D eigenvalue weighted by Crippen LogP contribution is 2.10. The molecule has 0 spiro atoms. The molecule has 0 aromatic heterocycles. The molecule has 1 saturated heterocycles. The number of likely N-dealkylation sites (tertiary alicyclic amines) is 1. The van der Waals surface area contributed by atoms with Gasteiger partial charge in [0.15, 0.2) is 0 Å². The molecule has 100 valence electrons. The zero-order valence-corrected chi connectivity index (χ0v) is 11.2. The van der Waals surface area contributed by atoms with E-state index in [1.807, 2.05) is 6.07 Å². The summed E-state index contributed by atoms with van der Waals surface area (Å²) < 4.78 is 13.0. The lowest BCUT2D eigenvalue weighted by Gasteiger charge is -2.16. The number of nitrogens with zero attached hydrogens (tertiary/aromatic N) is 1. The fourth-order valence-electron chi connectivity index (χ4n) is 2.56. The minimum atomic E-state index is -0.136. The van der Waals surface area contributed by atoms with Gasteiger partial charge < -0.3 is 10.2 Å². The second-order valence-electron chi connectivity index (χ2n) is 5.27. The second-order valence-corrected chi connectivity index (χ2v) is 5.27. The van der Waals surface area contributed by atoms with E-state index in [1.165, 1.54) is 38.4 Å². The molecule has 1 fully saturated rings. The van der Waals surface area contributed by atoms with Gasteiger partial charge in [0.05, 0.1) is 0 Å². The van der Waals surface area contributed by atoms with Gasteiger partial charge in [-0.05, 0) is 70.1 Å². The summed E-state index contributed by atoms with van der Waals surface area (Å²) >= 11 is 0. The number of hydrogen-bond donors (Lipinski definition) is 1. The van der Waals surface area contributed by atoms with E-state index in [1.54, 1.807) is 12.1 Å². The molecule has 2 nitrogen and oxygen atoms in total. The molecule has 2 rings (SSSR count). The Labute approximate surface area is 109 Å². The standard InChI is InChI=1S/C15H23FN2/c1-18-10-3-6-15(8-11-18)17-9-7-13-4-2-5-14(16)12-13/h2,4-5,12,15,17H,3,6-11H2,1H3. The Kier molecular flexibility index (Phi) is 5.14. The van der Waals surface area contributed by atoms with E-state index in [2.05, 4.69) is 17.3 Å². The van der Waals surface area contributed by atoms with Gasteiger partial charge in [0.25, 0.3) is 0 Å². The molecular weight excluding hydrogens is 227 g/mol. The van der Waals surface area contributed by atoms with Crippen molar-refractivity contribution in [3.05, 3.63) is 35.6 Å². The first-order valence-electron chi connectivity index (χ1n) is 6.90. The fraction of sp³-hybridized carbons (Fsp3) is 0.600. The van der Waals surface area contributed by atoms with Gasteiger partial charge in [-0.15, -0.1) is 0 Å². The molecule has 0 radical (unpaired) electrons. The quantitative estimate of drug-likeness (QED) is 0.883. The zero-order valence-electron chi connectivity index (χ0n) is 11.2. The second kappa shape index (κ2) is 6.86. The summed E-state index contributed by atoms with van der Waals surface area (Å²) in [5.41, 5.74) is 1.08. The lowest BCUT2D eigenvalue weighted by atomic mass is 10.1. The first-order valence-corrected chi connectivity index (χ1v) is 6.90. The smallest absolute Gasteiger partial charge is 0.123 e. The van der Waals surface area contributed by atoms with Crippen molar-refractivity contribution >= 4 is 0 Å². The molecule has 18 heavy (non-hydrogen) atoms. The summed E-state index contributed by atoms with van der Waals surface area (Å²) in [6.45, 7) is 3.33. The third-order valence-electron chi connectivity index (χ3n) is 3.69. The highest BCUT2D eigenvalue weighted by molar-refractivity contribution is 5.16. The number of benzene rings is 1. The Hall–Kier alpha value is -0.930. The molecular formula is C15H23FN2. The van der Waals surface area contributed by atoms with Crippen LogP contribution in [0.5, 0.6) is 0 Å². The Balaban J connectivity index is 1.71. The van der Waals surface area contributed by atoms with Gasteiger partial charge in [-0.2, -0.15) is 0 Å². The van der Waals surface area contributed by atoms with Crippen LogP contribution in [-0.4, -0.2) is 37.6 Å². The van der Waals surface area contributed by atoms with E-state index in [-0.39, 0.29) is 5.82 Å². The SMILES string of the molecule is CN1CCCC(NCCc2cccc(F)c2)CC1. The van der Waals surface area contributed by atoms with Crippen LogP contribution in [0.15, 0.2) is 24.3 Å². The maximum absolute atomic E-state index is 13.0. The van der Waals surface area contributed by atoms with Gasteiger partial charge in [-0.25, -0.2) is 4.39 Å². The summed E-state index contributed by atoms with van der Waals surface area (Å²) in [7, 11) is 2.19. The van der Waals surface area contributed by atoms with Crippen LogP contribution in [0, 0.1) is 5.82 Å². The van der Waals surface area contributed by atoms with Crippen molar-refractivity contribution in [3.63, 3.8) is 0 Å². The molecule has 1 heterocycles. The number of halogens is 1. The van der Waals surface area contributed by atoms with E-state index in [0.29, 0.717) is 6.04 Å². The summed E-state index contributed by atoms with van der Waals surface area (Å²) in [4.78, 5) is 2.40. The minimum absolute atomic E-state index is 0.136. The van der Waals surface area contributed by atoms with Gasteiger partial charge >= 0.3 is 0 Å². The van der Waals surface area contributed by atoms with E-state index < -0.39 is 0 Å². The zero-order chi connectivity index (χ0) is 12.8. The van der Waals surface area contributed by atoms with Crippen LogP contribution in [-0.2, 0) is 6.42 Å². The van der Waals surface area contributed by atoms with Crippen LogP contribution in [0.4, 0.5) is 4.39 Å². The Morgan fingerprint density at radius 1 is 1.33 bits per heavy atom. The van der Waals surface area contributed by atoms with Crippen LogP contribution in [0.3, 0.4) is 0 Å². The lowest BCUT2D eigenvalue weighted by Crippen LogP contribution is -2.31. The van der Waals surface area contributed by atoms with Crippen molar-refractivity contribution < 1.29 is 4.39 Å². The molecule has 1 atom stereocenters. The molecule has 1 aliphatic rings. The van der Waals surface area contributed by atoms with Crippen LogP contribution in [0.1, 0.15) is 24.8 Å². The molecule has 3 heteroatoms. The Bertz CT molecular complexity index is 367. The molecule has 0 aliphatic carbocycles. The number of hydrogen-bond acceptors (Lipinski definition) is 2. The van der Waals surface area contributed by atoms with Gasteiger partial charge in [0, 0.05) is 6.04 Å². The Morgan fingerprint density at radius 2 is 2.22 bits per heavy atom. The highest BCUT2D eigenvalue weighted by atomic mass is 19.1. The predicted molar refractivity (Wildman–Crippen MR) is 73.2 cm³/mol. The van der Waals surface area contributed by atoms with E-state index in [9.17, 15) is 4.39 Å². The van der Waals surface area contributed by atoms with Crippen LogP contribution in [0.2, 0.25) is 0 Å². The van der Waals surface area contributed by atoms with E-state index in [4.69, 9.17) is 0 Å². The van der Waals surface area contributed by atoms with Gasteiger partial charge in [0.2, 0.25) is 0 Å². The van der Waals surface area contributed by atoms with Crippen LogP contribution < -0.4 is 5.32 Å². The minimum Gasteiger partial charge on any atom is -0.314 e. The summed E-state index contributed by atoms with van der Waals surface area (Å²) in [6.07, 6.45) is 4.66. The first-order chi connectivity index (χ1) is 8.74. The average Bonchev–Trinajstić information content (AvgIpc) is 2.55. The maximum Gasteiger partial charge on any atom is 0.123 e. The topological polar surface area (TPSA) is 15.3 Å². The van der Waals surface area contributed by atoms with Crippen molar-refractivity contribution in [1.29, 1.82) is 0 Å². The normalized spacial score (nSPS) is 21.8. The monoisotopic (exact) mass is 250 g/mol. The van der Waals surface area contributed by atoms with Crippen molar-refractivity contribution in [1.82, 2.24) is 10.2 Å². The fourth-order valence-corrected chi connectivity index (χ4v) is 2.56. The molecule has 0 bridgehead atoms. The van der Waals surface area contributed by atoms with Crippen LogP contribution in [0.25, 0.3) is 0 Å². The molecule has 1 N–H and O–H groups in total. The van der Waals surface area contributed by atoms with Crippen LogP contribution >= 0.6 is 0 Å². The van der Waals surface area contributed by atoms with E-state index in [0.717, 1.165) is 18.5 Å². The van der Waals surface area contributed by atoms with E-state index >= 15 is 0 Å².